The van der Waals surface area contributed by atoms with Crippen LogP contribution < -0.4 is 20.5 Å². The molecule has 1 N–H and O–H groups in total. The number of benzene rings is 1. The van der Waals surface area contributed by atoms with Crippen molar-refractivity contribution in [3.63, 3.8) is 0 Å². The van der Waals surface area contributed by atoms with E-state index >= 15 is 0 Å². The van der Waals surface area contributed by atoms with Gasteiger partial charge in [-0.2, -0.15) is 5.10 Å². The van der Waals surface area contributed by atoms with E-state index < -0.39 is 5.91 Å². The van der Waals surface area contributed by atoms with Crippen molar-refractivity contribution in [2.24, 2.45) is 5.10 Å². The van der Waals surface area contributed by atoms with Crippen LogP contribution in [0.4, 0.5) is 0 Å². The number of methoxy groups -OCH3 is 2. The molecule has 31 heavy (non-hydrogen) atoms. The number of hydrazone groups is 1. The first-order chi connectivity index (χ1) is 15.0. The van der Waals surface area contributed by atoms with Crippen LogP contribution in [0.1, 0.15) is 28.8 Å². The molecule has 1 aliphatic rings. The van der Waals surface area contributed by atoms with Gasteiger partial charge in [-0.1, -0.05) is 0 Å². The molecule has 2 heterocycles. The van der Waals surface area contributed by atoms with Crippen molar-refractivity contribution in [1.29, 1.82) is 0 Å². The molecule has 0 fully saturated rings. The Bertz CT molecular complexity index is 1230. The number of rotatable bonds is 6. The Balaban J connectivity index is 1.48. The summed E-state index contributed by atoms with van der Waals surface area (Å²) >= 11 is 5.00. The minimum absolute atomic E-state index is 0.153. The predicted molar refractivity (Wildman–Crippen MR) is 124 cm³/mol. The molecule has 0 saturated carbocycles. The third kappa shape index (κ3) is 4.35. The zero-order valence-electron chi connectivity index (χ0n) is 17.1. The van der Waals surface area contributed by atoms with Crippen molar-refractivity contribution in [2.45, 2.75) is 32.2 Å². The summed E-state index contributed by atoms with van der Waals surface area (Å²) < 4.78 is 12.6. The molecule has 3 aromatic rings. The number of fused-ring (bicyclic) bond motifs is 3. The number of ether oxygens (including phenoxy) is 2. The summed E-state index contributed by atoms with van der Waals surface area (Å²) in [5.41, 5.74) is 4.09. The molecule has 8 nitrogen and oxygen atoms in total. The Kier molecular flexibility index (Phi) is 6.38. The third-order valence-corrected chi connectivity index (χ3v) is 6.90. The van der Waals surface area contributed by atoms with E-state index in [0.717, 1.165) is 36.1 Å². The number of nitrogens with one attached hydrogen (secondary N) is 1. The molecule has 4 rings (SSSR count). The Morgan fingerprint density at radius 3 is 2.90 bits per heavy atom. The highest BCUT2D eigenvalue weighted by Crippen LogP contribution is 2.36. The van der Waals surface area contributed by atoms with E-state index in [9.17, 15) is 9.59 Å². The Hall–Kier alpha value is -2.72. The standard InChI is InChI=1S/C21H21BrN4O4S/c1-29-15-8-12(7-14(22)19(15)30-2)9-24-25-17(27)10-26-11-23-20-18(21(26)28)13-5-3-4-6-16(13)31-20/h7-9,11H,3-6,10H2,1-2H3,(H,25,27)/b24-9+. The molecule has 0 radical (unpaired) electrons. The maximum absolute atomic E-state index is 12.9. The molecule has 10 heteroatoms. The van der Waals surface area contributed by atoms with Crippen LogP contribution in [0.2, 0.25) is 0 Å². The van der Waals surface area contributed by atoms with Gasteiger partial charge in [-0.15, -0.1) is 11.3 Å². The zero-order chi connectivity index (χ0) is 22.0. The highest BCUT2D eigenvalue weighted by molar-refractivity contribution is 9.10. The van der Waals surface area contributed by atoms with Crippen LogP contribution in [-0.2, 0) is 24.2 Å². The number of aromatic nitrogens is 2. The fraction of sp³-hybridized carbons (Fsp3) is 0.333. The van der Waals surface area contributed by atoms with Crippen molar-refractivity contribution in [3.8, 4) is 11.5 Å². The average molecular weight is 505 g/mol. The smallest absolute Gasteiger partial charge is 0.262 e. The molecule has 1 aliphatic carbocycles. The number of hydrogen-bond acceptors (Lipinski definition) is 7. The molecular formula is C21H21BrN4O4S. The van der Waals surface area contributed by atoms with Crippen LogP contribution in [0.3, 0.4) is 0 Å². The Morgan fingerprint density at radius 2 is 2.13 bits per heavy atom. The van der Waals surface area contributed by atoms with Crippen molar-refractivity contribution in [2.75, 3.05) is 14.2 Å². The highest BCUT2D eigenvalue weighted by atomic mass is 79.9. The number of amides is 1. The number of thiophene rings is 1. The maximum Gasteiger partial charge on any atom is 0.262 e. The second kappa shape index (κ2) is 9.19. The largest absolute Gasteiger partial charge is 0.493 e. The van der Waals surface area contributed by atoms with Gasteiger partial charge in [-0.05, 0) is 64.9 Å². The first-order valence-corrected chi connectivity index (χ1v) is 11.4. The van der Waals surface area contributed by atoms with Gasteiger partial charge in [-0.3, -0.25) is 14.2 Å². The molecular weight excluding hydrogens is 484 g/mol. The molecule has 1 aromatic carbocycles. The van der Waals surface area contributed by atoms with Crippen LogP contribution in [0.5, 0.6) is 11.5 Å². The van der Waals surface area contributed by atoms with E-state index in [4.69, 9.17) is 9.47 Å². The van der Waals surface area contributed by atoms with Crippen LogP contribution in [-0.4, -0.2) is 35.9 Å². The average Bonchev–Trinajstić information content (AvgIpc) is 3.14. The van der Waals surface area contributed by atoms with Gasteiger partial charge < -0.3 is 9.47 Å². The van der Waals surface area contributed by atoms with E-state index in [1.165, 1.54) is 22.0 Å². The topological polar surface area (TPSA) is 94.8 Å². The van der Waals surface area contributed by atoms with Crippen molar-refractivity contribution < 1.29 is 14.3 Å². The number of carbonyl (C=O) groups excluding carboxylic acids is 1. The predicted octanol–water partition coefficient (Wildman–Crippen LogP) is 3.27. The molecule has 0 saturated heterocycles. The van der Waals surface area contributed by atoms with Crippen molar-refractivity contribution in [1.82, 2.24) is 15.0 Å². The monoisotopic (exact) mass is 504 g/mol. The van der Waals surface area contributed by atoms with Crippen LogP contribution >= 0.6 is 27.3 Å². The lowest BCUT2D eigenvalue weighted by Gasteiger charge is -2.10. The quantitative estimate of drug-likeness (QED) is 0.410. The van der Waals surface area contributed by atoms with Crippen LogP contribution in [0.15, 0.2) is 32.8 Å². The van der Waals surface area contributed by atoms with Gasteiger partial charge >= 0.3 is 0 Å². The fourth-order valence-electron chi connectivity index (χ4n) is 3.68. The lowest BCUT2D eigenvalue weighted by Crippen LogP contribution is -2.30. The summed E-state index contributed by atoms with van der Waals surface area (Å²) in [6.07, 6.45) is 7.04. The SMILES string of the molecule is COc1cc(/C=N/NC(=O)Cn2cnc3sc4c(c3c2=O)CCCC4)cc(Br)c1OC. The van der Waals surface area contributed by atoms with E-state index in [-0.39, 0.29) is 12.1 Å². The van der Waals surface area contributed by atoms with Gasteiger partial charge in [0, 0.05) is 4.88 Å². The van der Waals surface area contributed by atoms with Gasteiger partial charge in [0.1, 0.15) is 11.4 Å². The second-order valence-corrected chi connectivity index (χ2v) is 9.04. The maximum atomic E-state index is 12.9. The Labute approximate surface area is 191 Å². The molecule has 162 valence electrons. The van der Waals surface area contributed by atoms with Gasteiger partial charge in [0.25, 0.3) is 11.5 Å². The normalized spacial score (nSPS) is 13.4. The van der Waals surface area contributed by atoms with Gasteiger partial charge in [0.05, 0.1) is 36.6 Å². The molecule has 0 atom stereocenters. The molecule has 2 aromatic heterocycles. The fourth-order valence-corrected chi connectivity index (χ4v) is 5.52. The summed E-state index contributed by atoms with van der Waals surface area (Å²) in [6.45, 7) is -0.153. The van der Waals surface area contributed by atoms with Crippen LogP contribution in [0, 0.1) is 0 Å². The number of hydrogen-bond donors (Lipinski definition) is 1. The van der Waals surface area contributed by atoms with E-state index in [1.54, 1.807) is 37.7 Å². The van der Waals surface area contributed by atoms with E-state index in [2.05, 4.69) is 31.4 Å². The number of halogens is 1. The molecule has 0 aliphatic heterocycles. The number of carbonyl (C=O) groups is 1. The number of aryl methyl sites for hydroxylation is 2. The molecule has 0 unspecified atom stereocenters. The summed E-state index contributed by atoms with van der Waals surface area (Å²) in [4.78, 5) is 31.7. The molecule has 0 bridgehead atoms. The minimum atomic E-state index is -0.414. The molecule has 1 amide bonds. The first-order valence-electron chi connectivity index (χ1n) is 9.75. The van der Waals surface area contributed by atoms with E-state index in [0.29, 0.717) is 26.9 Å². The highest BCUT2D eigenvalue weighted by Gasteiger charge is 2.20. The van der Waals surface area contributed by atoms with E-state index in [1.807, 2.05) is 0 Å². The zero-order valence-corrected chi connectivity index (χ0v) is 19.5. The summed E-state index contributed by atoms with van der Waals surface area (Å²) in [5, 5.41) is 4.65. The lowest BCUT2D eigenvalue weighted by molar-refractivity contribution is -0.121. The van der Waals surface area contributed by atoms with Gasteiger partial charge in [-0.25, -0.2) is 10.4 Å². The summed E-state index contributed by atoms with van der Waals surface area (Å²) in [7, 11) is 3.09. The van der Waals surface area contributed by atoms with Crippen molar-refractivity contribution in [3.05, 3.63) is 49.3 Å². The minimum Gasteiger partial charge on any atom is -0.493 e. The first kappa shape index (κ1) is 21.5. The van der Waals surface area contributed by atoms with Gasteiger partial charge in [0.15, 0.2) is 11.5 Å². The lowest BCUT2D eigenvalue weighted by atomic mass is 9.97. The number of nitrogens with zero attached hydrogens (tertiary/aromatic N) is 3. The second-order valence-electron chi connectivity index (χ2n) is 7.10. The molecule has 0 spiro atoms. The Morgan fingerprint density at radius 1 is 1.32 bits per heavy atom. The summed E-state index contributed by atoms with van der Waals surface area (Å²) in [5.74, 6) is 0.694. The van der Waals surface area contributed by atoms with Crippen molar-refractivity contribution >= 4 is 49.6 Å². The van der Waals surface area contributed by atoms with Crippen LogP contribution in [0.25, 0.3) is 10.2 Å². The third-order valence-electron chi connectivity index (χ3n) is 5.11. The summed E-state index contributed by atoms with van der Waals surface area (Å²) in [6, 6.07) is 3.53. The van der Waals surface area contributed by atoms with Gasteiger partial charge in [0.2, 0.25) is 0 Å².